The standard InChI is InChI=1S/C6H10N4OS/c7-10-6(11)8-2-1-5-3-12-4-9-5/h3-4H,1-2,7H2,(H2,8,10,11). The van der Waals surface area contributed by atoms with Crippen LogP contribution in [0.4, 0.5) is 4.79 Å². The second-order valence-corrected chi connectivity index (χ2v) is 2.85. The Hall–Kier alpha value is -1.14. The third-order valence-corrected chi connectivity index (χ3v) is 1.92. The van der Waals surface area contributed by atoms with Gasteiger partial charge in [-0.15, -0.1) is 11.3 Å². The van der Waals surface area contributed by atoms with E-state index < -0.39 is 0 Å². The second kappa shape index (κ2) is 4.68. The molecule has 0 saturated carbocycles. The number of rotatable bonds is 3. The number of nitrogens with zero attached hydrogens (tertiary/aromatic N) is 1. The molecule has 0 atom stereocenters. The fraction of sp³-hybridized carbons (Fsp3) is 0.333. The van der Waals surface area contributed by atoms with Gasteiger partial charge in [0, 0.05) is 18.3 Å². The Morgan fingerprint density at radius 2 is 2.58 bits per heavy atom. The lowest BCUT2D eigenvalue weighted by Crippen LogP contribution is -2.40. The molecule has 4 N–H and O–H groups in total. The molecule has 0 aliphatic heterocycles. The zero-order chi connectivity index (χ0) is 8.81. The number of thiazole rings is 1. The average molecular weight is 186 g/mol. The Morgan fingerprint density at radius 1 is 1.75 bits per heavy atom. The molecule has 0 saturated heterocycles. The van der Waals surface area contributed by atoms with E-state index in [1.54, 1.807) is 16.8 Å². The largest absolute Gasteiger partial charge is 0.337 e. The van der Waals surface area contributed by atoms with Gasteiger partial charge in [-0.05, 0) is 0 Å². The van der Waals surface area contributed by atoms with E-state index in [1.165, 1.54) is 0 Å². The Balaban J connectivity index is 2.15. The molecule has 1 aromatic rings. The molecular weight excluding hydrogens is 176 g/mol. The molecule has 0 unspecified atom stereocenters. The van der Waals surface area contributed by atoms with Gasteiger partial charge in [-0.3, -0.25) is 5.43 Å². The highest BCUT2D eigenvalue weighted by molar-refractivity contribution is 7.07. The maximum absolute atomic E-state index is 10.6. The second-order valence-electron chi connectivity index (χ2n) is 2.13. The first kappa shape index (κ1) is 8.95. The zero-order valence-corrected chi connectivity index (χ0v) is 7.23. The van der Waals surface area contributed by atoms with Gasteiger partial charge in [0.05, 0.1) is 11.2 Å². The highest BCUT2D eigenvalue weighted by Crippen LogP contribution is 2.00. The van der Waals surface area contributed by atoms with Crippen molar-refractivity contribution in [3.8, 4) is 0 Å². The number of amides is 2. The molecule has 0 radical (unpaired) electrons. The van der Waals surface area contributed by atoms with Crippen LogP contribution in [-0.2, 0) is 6.42 Å². The molecule has 0 bridgehead atoms. The topological polar surface area (TPSA) is 80.0 Å². The van der Waals surface area contributed by atoms with Gasteiger partial charge in [-0.1, -0.05) is 0 Å². The van der Waals surface area contributed by atoms with Crippen LogP contribution in [-0.4, -0.2) is 17.6 Å². The van der Waals surface area contributed by atoms with Crippen LogP contribution in [0.5, 0.6) is 0 Å². The van der Waals surface area contributed by atoms with Crippen molar-refractivity contribution in [1.29, 1.82) is 0 Å². The molecule has 0 aliphatic carbocycles. The Morgan fingerprint density at radius 3 is 3.17 bits per heavy atom. The molecule has 0 aliphatic rings. The number of hydrogen-bond donors (Lipinski definition) is 3. The summed E-state index contributed by atoms with van der Waals surface area (Å²) >= 11 is 1.54. The summed E-state index contributed by atoms with van der Waals surface area (Å²) in [6.45, 7) is 0.548. The maximum Gasteiger partial charge on any atom is 0.328 e. The van der Waals surface area contributed by atoms with Crippen molar-refractivity contribution in [3.05, 3.63) is 16.6 Å². The van der Waals surface area contributed by atoms with Crippen molar-refractivity contribution in [2.75, 3.05) is 6.54 Å². The monoisotopic (exact) mass is 186 g/mol. The maximum atomic E-state index is 10.6. The van der Waals surface area contributed by atoms with E-state index >= 15 is 0 Å². The predicted molar refractivity (Wildman–Crippen MR) is 46.5 cm³/mol. The van der Waals surface area contributed by atoms with Crippen molar-refractivity contribution in [2.24, 2.45) is 5.84 Å². The molecule has 1 rings (SSSR count). The van der Waals surface area contributed by atoms with E-state index in [1.807, 2.05) is 10.8 Å². The average Bonchev–Trinajstić information content (AvgIpc) is 2.57. The van der Waals surface area contributed by atoms with Crippen LogP contribution in [0.25, 0.3) is 0 Å². The normalized spacial score (nSPS) is 9.42. The van der Waals surface area contributed by atoms with Crippen LogP contribution in [0.15, 0.2) is 10.9 Å². The molecule has 0 fully saturated rings. The van der Waals surface area contributed by atoms with Gasteiger partial charge in [0.2, 0.25) is 0 Å². The van der Waals surface area contributed by atoms with Gasteiger partial charge < -0.3 is 5.32 Å². The van der Waals surface area contributed by atoms with Crippen molar-refractivity contribution >= 4 is 17.4 Å². The molecule has 1 heterocycles. The van der Waals surface area contributed by atoms with Gasteiger partial charge in [-0.25, -0.2) is 15.6 Å². The lowest BCUT2D eigenvalue weighted by molar-refractivity contribution is 0.241. The van der Waals surface area contributed by atoms with Crippen LogP contribution in [0.2, 0.25) is 0 Å². The smallest absolute Gasteiger partial charge is 0.328 e. The molecule has 0 aromatic carbocycles. The van der Waals surface area contributed by atoms with Gasteiger partial charge in [0.1, 0.15) is 0 Å². The van der Waals surface area contributed by atoms with E-state index in [0.29, 0.717) is 6.54 Å². The van der Waals surface area contributed by atoms with E-state index in [-0.39, 0.29) is 6.03 Å². The first-order valence-electron chi connectivity index (χ1n) is 3.44. The first-order valence-corrected chi connectivity index (χ1v) is 4.38. The Bertz CT molecular complexity index is 236. The fourth-order valence-corrected chi connectivity index (χ4v) is 1.31. The molecular formula is C6H10N4OS. The first-order chi connectivity index (χ1) is 5.83. The van der Waals surface area contributed by atoms with Gasteiger partial charge in [0.25, 0.3) is 0 Å². The number of urea groups is 1. The number of nitrogens with two attached hydrogens (primary N) is 1. The highest BCUT2D eigenvalue weighted by atomic mass is 32.1. The summed E-state index contributed by atoms with van der Waals surface area (Å²) in [6.07, 6.45) is 0.733. The zero-order valence-electron chi connectivity index (χ0n) is 6.41. The van der Waals surface area contributed by atoms with E-state index in [4.69, 9.17) is 5.84 Å². The summed E-state index contributed by atoms with van der Waals surface area (Å²) in [7, 11) is 0. The Labute approximate surface area is 74.0 Å². The Kier molecular flexibility index (Phi) is 3.49. The van der Waals surface area contributed by atoms with Crippen molar-refractivity contribution in [1.82, 2.24) is 15.7 Å². The van der Waals surface area contributed by atoms with E-state index in [0.717, 1.165) is 12.1 Å². The third kappa shape index (κ3) is 2.85. The number of hydrazine groups is 1. The number of carbonyl (C=O) groups excluding carboxylic acids is 1. The van der Waals surface area contributed by atoms with Gasteiger partial charge >= 0.3 is 6.03 Å². The SMILES string of the molecule is NNC(=O)NCCc1cscn1. The summed E-state index contributed by atoms with van der Waals surface area (Å²) in [5.41, 5.74) is 4.72. The van der Waals surface area contributed by atoms with Crippen LogP contribution < -0.4 is 16.6 Å². The van der Waals surface area contributed by atoms with E-state index in [2.05, 4.69) is 10.3 Å². The van der Waals surface area contributed by atoms with Crippen molar-refractivity contribution in [3.63, 3.8) is 0 Å². The summed E-state index contributed by atoms with van der Waals surface area (Å²) in [4.78, 5) is 14.6. The number of nitrogens with one attached hydrogen (secondary N) is 2. The third-order valence-electron chi connectivity index (χ3n) is 1.28. The summed E-state index contributed by atoms with van der Waals surface area (Å²) in [5, 5.41) is 4.51. The summed E-state index contributed by atoms with van der Waals surface area (Å²) < 4.78 is 0. The molecule has 66 valence electrons. The molecule has 1 aromatic heterocycles. The van der Waals surface area contributed by atoms with Gasteiger partial charge in [0.15, 0.2) is 0 Å². The lowest BCUT2D eigenvalue weighted by atomic mass is 10.3. The predicted octanol–water partition coefficient (Wildman–Crippen LogP) is -0.142. The van der Waals surface area contributed by atoms with Crippen LogP contribution in [0.1, 0.15) is 5.69 Å². The van der Waals surface area contributed by atoms with Crippen molar-refractivity contribution in [2.45, 2.75) is 6.42 Å². The minimum absolute atomic E-state index is 0.370. The summed E-state index contributed by atoms with van der Waals surface area (Å²) in [6, 6.07) is -0.370. The van der Waals surface area contributed by atoms with Crippen LogP contribution in [0.3, 0.4) is 0 Å². The molecule has 6 heteroatoms. The minimum Gasteiger partial charge on any atom is -0.337 e. The van der Waals surface area contributed by atoms with Crippen LogP contribution in [0, 0.1) is 0 Å². The number of aromatic nitrogens is 1. The lowest BCUT2D eigenvalue weighted by Gasteiger charge is -2.01. The quantitative estimate of drug-likeness (QED) is 0.349. The molecule has 2 amide bonds. The number of hydrogen-bond acceptors (Lipinski definition) is 4. The van der Waals surface area contributed by atoms with Crippen molar-refractivity contribution < 1.29 is 4.79 Å². The fourth-order valence-electron chi connectivity index (χ4n) is 0.716. The highest BCUT2D eigenvalue weighted by Gasteiger charge is 1.97. The van der Waals surface area contributed by atoms with E-state index in [9.17, 15) is 4.79 Å². The molecule has 12 heavy (non-hydrogen) atoms. The molecule has 5 nitrogen and oxygen atoms in total. The molecule has 0 spiro atoms. The van der Waals surface area contributed by atoms with Gasteiger partial charge in [-0.2, -0.15) is 0 Å². The minimum atomic E-state index is -0.370. The van der Waals surface area contributed by atoms with Crippen LogP contribution >= 0.6 is 11.3 Å². The number of carbonyl (C=O) groups is 1. The summed E-state index contributed by atoms with van der Waals surface area (Å²) in [5.74, 6) is 4.86.